The van der Waals surface area contributed by atoms with Crippen LogP contribution in [0.25, 0.3) is 0 Å². The van der Waals surface area contributed by atoms with E-state index in [1.54, 1.807) is 43.6 Å². The van der Waals surface area contributed by atoms with Gasteiger partial charge in [0.25, 0.3) is 5.91 Å². The Labute approximate surface area is 154 Å². The van der Waals surface area contributed by atoms with Gasteiger partial charge in [0.2, 0.25) is 5.91 Å². The van der Waals surface area contributed by atoms with Crippen molar-refractivity contribution in [1.29, 1.82) is 0 Å². The summed E-state index contributed by atoms with van der Waals surface area (Å²) in [5, 5.41) is 3.84. The highest BCUT2D eigenvalue weighted by atomic mass is 32.2. The normalized spacial score (nSPS) is 14.0. The number of aromatic nitrogens is 1. The summed E-state index contributed by atoms with van der Waals surface area (Å²) in [6.45, 7) is -0.155. The molecular weight excluding hydrogens is 354 g/mol. The molecule has 2 aromatic rings. The Morgan fingerprint density at radius 2 is 2.27 bits per heavy atom. The number of carbonyl (C=O) groups excluding carboxylic acids is 2. The minimum atomic E-state index is -0.453. The summed E-state index contributed by atoms with van der Waals surface area (Å²) in [6, 6.07) is 10.6. The number of hydrogen-bond acceptors (Lipinski definition) is 6. The molecule has 0 bridgehead atoms. The lowest BCUT2D eigenvalue weighted by Gasteiger charge is -2.28. The van der Waals surface area contributed by atoms with Gasteiger partial charge in [-0.15, -0.1) is 11.8 Å². The molecule has 8 nitrogen and oxygen atoms in total. The highest BCUT2D eigenvalue weighted by Crippen LogP contribution is 2.37. The molecule has 3 N–H and O–H groups in total. The molecule has 1 aromatic heterocycles. The zero-order valence-corrected chi connectivity index (χ0v) is 14.8. The maximum absolute atomic E-state index is 12.2. The average Bonchev–Trinajstić information content (AvgIpc) is 2.68. The van der Waals surface area contributed by atoms with Gasteiger partial charge in [-0.1, -0.05) is 6.07 Å². The van der Waals surface area contributed by atoms with Crippen LogP contribution in [0.15, 0.2) is 52.6 Å². The predicted octanol–water partition coefficient (Wildman–Crippen LogP) is 0.966. The summed E-state index contributed by atoms with van der Waals surface area (Å²) >= 11 is 1.41. The van der Waals surface area contributed by atoms with Crippen LogP contribution in [-0.2, 0) is 9.59 Å². The van der Waals surface area contributed by atoms with Crippen molar-refractivity contribution in [3.63, 3.8) is 0 Å². The number of amidine groups is 1. The maximum Gasteiger partial charge on any atom is 0.260 e. The number of anilines is 1. The van der Waals surface area contributed by atoms with Crippen molar-refractivity contribution in [3.05, 3.63) is 48.3 Å². The third kappa shape index (κ3) is 3.94. The number of nitrogens with zero attached hydrogens (tertiary/aromatic N) is 3. The number of benzene rings is 1. The molecule has 0 saturated carbocycles. The van der Waals surface area contributed by atoms with E-state index in [2.05, 4.69) is 15.5 Å². The Morgan fingerprint density at radius 1 is 1.42 bits per heavy atom. The Morgan fingerprint density at radius 3 is 3.00 bits per heavy atom. The lowest BCUT2D eigenvalue weighted by atomic mass is 10.2. The number of hydrazone groups is 1. The number of amides is 2. The minimum absolute atomic E-state index is 0.0876. The van der Waals surface area contributed by atoms with Crippen LogP contribution in [0.3, 0.4) is 0 Å². The number of nitrogens with one attached hydrogen (secondary N) is 1. The molecule has 134 valence electrons. The quantitative estimate of drug-likeness (QED) is 0.460. The highest BCUT2D eigenvalue weighted by molar-refractivity contribution is 8.00. The number of hydrogen-bond donors (Lipinski definition) is 2. The molecule has 2 heterocycles. The van der Waals surface area contributed by atoms with Gasteiger partial charge in [-0.05, 0) is 30.3 Å². The summed E-state index contributed by atoms with van der Waals surface area (Å²) in [5.41, 5.74) is 9.27. The van der Waals surface area contributed by atoms with Crippen molar-refractivity contribution in [1.82, 2.24) is 10.4 Å². The number of thioether (sulfide) groups is 1. The fraction of sp³-hybridized carbons (Fsp3) is 0.176. The molecule has 1 aromatic carbocycles. The molecule has 1 aliphatic heterocycles. The van der Waals surface area contributed by atoms with Gasteiger partial charge in [0.05, 0.1) is 18.6 Å². The van der Waals surface area contributed by atoms with Crippen molar-refractivity contribution in [2.24, 2.45) is 10.8 Å². The number of ether oxygens (including phenoxy) is 1. The first-order chi connectivity index (χ1) is 12.6. The van der Waals surface area contributed by atoms with E-state index in [0.29, 0.717) is 17.1 Å². The van der Waals surface area contributed by atoms with Crippen LogP contribution >= 0.6 is 11.8 Å². The zero-order chi connectivity index (χ0) is 18.5. The number of pyridine rings is 1. The number of fused-ring (bicyclic) bond motifs is 1. The molecule has 1 aliphatic rings. The van der Waals surface area contributed by atoms with Gasteiger partial charge in [0.1, 0.15) is 18.0 Å². The molecule has 0 spiro atoms. The van der Waals surface area contributed by atoms with E-state index in [1.165, 1.54) is 16.7 Å². The summed E-state index contributed by atoms with van der Waals surface area (Å²) in [6.07, 6.45) is 1.58. The molecule has 0 atom stereocenters. The number of nitrogens with two attached hydrogens (primary N) is 1. The Balaban J connectivity index is 1.70. The van der Waals surface area contributed by atoms with Crippen LogP contribution in [0.5, 0.6) is 5.75 Å². The van der Waals surface area contributed by atoms with Gasteiger partial charge in [-0.2, -0.15) is 5.10 Å². The van der Waals surface area contributed by atoms with Crippen molar-refractivity contribution < 1.29 is 14.3 Å². The molecule has 3 rings (SSSR count). The van der Waals surface area contributed by atoms with Crippen molar-refractivity contribution in [2.75, 3.05) is 24.3 Å². The van der Waals surface area contributed by atoms with Crippen molar-refractivity contribution in [3.8, 4) is 5.75 Å². The van der Waals surface area contributed by atoms with E-state index >= 15 is 0 Å². The Hall–Kier alpha value is -3.07. The average molecular weight is 371 g/mol. The summed E-state index contributed by atoms with van der Waals surface area (Å²) in [7, 11) is 1.58. The number of carbonyl (C=O) groups is 2. The molecular formula is C17H17N5O3S. The number of methoxy groups -OCH3 is 1. The number of rotatable bonds is 5. The third-order valence-corrected chi connectivity index (χ3v) is 4.67. The topological polar surface area (TPSA) is 110 Å². The van der Waals surface area contributed by atoms with Crippen LogP contribution in [0.4, 0.5) is 5.69 Å². The molecule has 0 unspecified atom stereocenters. The lowest BCUT2D eigenvalue weighted by molar-refractivity contribution is -0.122. The van der Waals surface area contributed by atoms with Crippen LogP contribution in [0.1, 0.15) is 5.69 Å². The molecule has 26 heavy (non-hydrogen) atoms. The van der Waals surface area contributed by atoms with Crippen LogP contribution in [0, 0.1) is 0 Å². The fourth-order valence-corrected chi connectivity index (χ4v) is 3.32. The van der Waals surface area contributed by atoms with Gasteiger partial charge in [0, 0.05) is 11.1 Å². The van der Waals surface area contributed by atoms with Gasteiger partial charge >= 0.3 is 0 Å². The van der Waals surface area contributed by atoms with E-state index in [-0.39, 0.29) is 24.0 Å². The van der Waals surface area contributed by atoms with Crippen molar-refractivity contribution in [2.45, 2.75) is 4.90 Å². The second-order valence-electron chi connectivity index (χ2n) is 5.35. The first-order valence-corrected chi connectivity index (χ1v) is 8.71. The molecule has 0 radical (unpaired) electrons. The molecule has 0 saturated heterocycles. The Bertz CT molecular complexity index is 857. The standard InChI is InChI=1S/C17H17N5O3S/c1-25-11-5-6-13-14(8-11)26-10-16(24)22(13)9-15(23)20-21-17(18)12-4-2-3-7-19-12/h2-8H,9-10H2,1H3,(H2,18,21)(H,20,23). The smallest absolute Gasteiger partial charge is 0.260 e. The first kappa shape index (κ1) is 17.7. The van der Waals surface area contributed by atoms with E-state index < -0.39 is 5.91 Å². The van der Waals surface area contributed by atoms with Crippen LogP contribution in [-0.4, -0.2) is 42.0 Å². The Kier molecular flexibility index (Phi) is 5.37. The SMILES string of the molecule is COc1ccc2c(c1)SCC(=O)N2CC(=O)N/N=C(\N)c1ccccn1. The summed E-state index contributed by atoms with van der Waals surface area (Å²) in [5.74, 6) is 0.440. The van der Waals surface area contributed by atoms with Crippen LogP contribution < -0.4 is 20.8 Å². The van der Waals surface area contributed by atoms with E-state index in [9.17, 15) is 9.59 Å². The first-order valence-electron chi connectivity index (χ1n) is 7.73. The fourth-order valence-electron chi connectivity index (χ4n) is 2.36. The second kappa shape index (κ2) is 7.87. The monoisotopic (exact) mass is 371 g/mol. The predicted molar refractivity (Wildman–Crippen MR) is 99.2 cm³/mol. The molecule has 2 amide bonds. The van der Waals surface area contributed by atoms with Crippen LogP contribution in [0.2, 0.25) is 0 Å². The van der Waals surface area contributed by atoms with Gasteiger partial charge in [0.15, 0.2) is 5.84 Å². The van der Waals surface area contributed by atoms with Crippen molar-refractivity contribution >= 4 is 35.1 Å². The molecule has 9 heteroatoms. The van der Waals surface area contributed by atoms with E-state index in [1.807, 2.05) is 6.07 Å². The largest absolute Gasteiger partial charge is 0.497 e. The van der Waals surface area contributed by atoms with Gasteiger partial charge in [-0.25, -0.2) is 5.43 Å². The minimum Gasteiger partial charge on any atom is -0.497 e. The highest BCUT2D eigenvalue weighted by Gasteiger charge is 2.26. The van der Waals surface area contributed by atoms with E-state index in [0.717, 1.165) is 4.90 Å². The summed E-state index contributed by atoms with van der Waals surface area (Å²) in [4.78, 5) is 30.8. The lowest BCUT2D eigenvalue weighted by Crippen LogP contribution is -2.42. The van der Waals surface area contributed by atoms with E-state index in [4.69, 9.17) is 10.5 Å². The van der Waals surface area contributed by atoms with Gasteiger partial charge < -0.3 is 15.4 Å². The van der Waals surface area contributed by atoms with Gasteiger partial charge in [-0.3, -0.25) is 14.6 Å². The maximum atomic E-state index is 12.2. The zero-order valence-electron chi connectivity index (χ0n) is 14.0. The molecule has 0 fully saturated rings. The summed E-state index contributed by atoms with van der Waals surface area (Å²) < 4.78 is 5.20. The second-order valence-corrected chi connectivity index (χ2v) is 6.37. The third-order valence-electron chi connectivity index (χ3n) is 3.64. The molecule has 0 aliphatic carbocycles.